The van der Waals surface area contributed by atoms with Gasteiger partial charge in [0, 0.05) is 28.4 Å². The molecule has 0 aliphatic carbocycles. The molecule has 0 saturated carbocycles. The van der Waals surface area contributed by atoms with Crippen LogP contribution < -0.4 is 0 Å². The Morgan fingerprint density at radius 3 is 2.24 bits per heavy atom. The summed E-state index contributed by atoms with van der Waals surface area (Å²) in [5, 5.41) is 0. The number of fused-ring (bicyclic) bond motifs is 1. The lowest BCUT2D eigenvalue weighted by Gasteiger charge is -2.17. The van der Waals surface area contributed by atoms with Gasteiger partial charge in [0.05, 0.1) is 19.8 Å². The lowest BCUT2D eigenvalue weighted by molar-refractivity contribution is -0.0701. The molecule has 3 aliphatic heterocycles. The van der Waals surface area contributed by atoms with E-state index in [2.05, 4.69) is 32.9 Å². The second kappa shape index (κ2) is 7.00. The molecule has 3 aliphatic rings. The summed E-state index contributed by atoms with van der Waals surface area (Å²) in [6.07, 6.45) is 0.491. The molecule has 3 fully saturated rings. The van der Waals surface area contributed by atoms with Crippen LogP contribution in [0.4, 0.5) is 0 Å². The van der Waals surface area contributed by atoms with Crippen LogP contribution in [0.25, 0.3) is 0 Å². The summed E-state index contributed by atoms with van der Waals surface area (Å²) in [5.74, 6) is 0. The van der Waals surface area contributed by atoms with Crippen LogP contribution in [0.1, 0.15) is 0 Å². The molecule has 8 atom stereocenters. The maximum absolute atomic E-state index is 5.38. The molecular formula is C8H17O6P3. The second-order valence-electron chi connectivity index (χ2n) is 3.87. The molecule has 0 aromatic rings. The van der Waals surface area contributed by atoms with E-state index < -0.39 is 0 Å². The predicted molar refractivity (Wildman–Crippen MR) is 69.2 cm³/mol. The molecule has 3 saturated heterocycles. The van der Waals surface area contributed by atoms with Crippen LogP contribution in [0.2, 0.25) is 0 Å². The van der Waals surface area contributed by atoms with Gasteiger partial charge in [0.25, 0.3) is 0 Å². The number of epoxide rings is 2. The molecule has 0 aromatic carbocycles. The fraction of sp³-hybridized carbons (Fsp3) is 1.00. The minimum atomic E-state index is -0.0503. The SMILES string of the molecule is POCC1CO1.POC[C@H]1OC2OC2[C@@H]1OP. The highest BCUT2D eigenvalue weighted by atomic mass is 31.0. The Morgan fingerprint density at radius 1 is 1.06 bits per heavy atom. The van der Waals surface area contributed by atoms with Crippen molar-refractivity contribution in [1.29, 1.82) is 0 Å². The van der Waals surface area contributed by atoms with Crippen molar-refractivity contribution in [2.24, 2.45) is 0 Å². The maximum Gasteiger partial charge on any atom is 0.187 e. The molecule has 6 unspecified atom stereocenters. The van der Waals surface area contributed by atoms with E-state index in [1.54, 1.807) is 0 Å². The van der Waals surface area contributed by atoms with Gasteiger partial charge < -0.3 is 27.8 Å². The van der Waals surface area contributed by atoms with Gasteiger partial charge in [-0.15, -0.1) is 0 Å². The molecule has 0 aromatic heterocycles. The number of ether oxygens (including phenoxy) is 3. The Bertz CT molecular complexity index is 241. The van der Waals surface area contributed by atoms with Gasteiger partial charge in [-0.05, 0) is 0 Å². The molecule has 6 nitrogen and oxygen atoms in total. The standard InChI is InChI=1S/C5H10O4P2.C3H7O2P/c10-6-1-2-3(9-11)4-5(7-2)8-4;6-5-2-3-1-4-3/h2-5H,1,10-11H2;3H,1-2,6H2/t2-,3-,4?,5?;/m1./s1. The zero-order valence-electron chi connectivity index (χ0n) is 9.19. The van der Waals surface area contributed by atoms with Gasteiger partial charge in [-0.1, -0.05) is 0 Å². The van der Waals surface area contributed by atoms with Crippen molar-refractivity contribution < 1.29 is 27.8 Å². The quantitative estimate of drug-likeness (QED) is 0.537. The van der Waals surface area contributed by atoms with Crippen LogP contribution in [0.15, 0.2) is 0 Å². The van der Waals surface area contributed by atoms with Crippen molar-refractivity contribution in [3.63, 3.8) is 0 Å². The summed E-state index contributed by atoms with van der Waals surface area (Å²) in [4.78, 5) is 0. The molecule has 9 heteroatoms. The molecule has 0 radical (unpaired) electrons. The summed E-state index contributed by atoms with van der Waals surface area (Å²) in [6, 6.07) is 0. The van der Waals surface area contributed by atoms with Crippen molar-refractivity contribution in [2.45, 2.75) is 30.7 Å². The zero-order valence-corrected chi connectivity index (χ0v) is 12.7. The normalized spacial score (nSPS) is 41.5. The molecule has 0 spiro atoms. The van der Waals surface area contributed by atoms with Crippen LogP contribution in [-0.2, 0) is 27.8 Å². The highest BCUT2D eigenvalue weighted by molar-refractivity contribution is 7.10. The Morgan fingerprint density at radius 2 is 1.76 bits per heavy atom. The van der Waals surface area contributed by atoms with Crippen molar-refractivity contribution in [3.05, 3.63) is 0 Å². The molecule has 0 bridgehead atoms. The smallest absolute Gasteiger partial charge is 0.187 e. The van der Waals surface area contributed by atoms with Gasteiger partial charge >= 0.3 is 0 Å². The molecule has 0 amide bonds. The van der Waals surface area contributed by atoms with Gasteiger partial charge in [0.15, 0.2) is 6.29 Å². The van der Waals surface area contributed by atoms with E-state index in [9.17, 15) is 0 Å². The molecule has 17 heavy (non-hydrogen) atoms. The Balaban J connectivity index is 0.000000153. The fourth-order valence-electron chi connectivity index (χ4n) is 1.58. The van der Waals surface area contributed by atoms with Crippen LogP contribution >= 0.6 is 28.4 Å². The first kappa shape index (κ1) is 14.5. The lowest BCUT2D eigenvalue weighted by Crippen LogP contribution is -2.31. The van der Waals surface area contributed by atoms with Gasteiger partial charge in [0.1, 0.15) is 24.4 Å². The first-order valence-electron chi connectivity index (χ1n) is 5.21. The van der Waals surface area contributed by atoms with E-state index in [0.29, 0.717) is 12.7 Å². The van der Waals surface area contributed by atoms with Crippen molar-refractivity contribution in [3.8, 4) is 0 Å². The van der Waals surface area contributed by atoms with E-state index in [1.807, 2.05) is 0 Å². The van der Waals surface area contributed by atoms with Crippen LogP contribution in [0, 0.1) is 0 Å². The highest BCUT2D eigenvalue weighted by Crippen LogP contribution is 2.40. The maximum atomic E-state index is 5.38. The second-order valence-corrected chi connectivity index (χ2v) is 4.81. The number of rotatable bonds is 5. The minimum Gasteiger partial charge on any atom is -0.371 e. The Hall–Kier alpha value is 1.05. The Labute approximate surface area is 107 Å². The third-order valence-electron chi connectivity index (χ3n) is 2.58. The van der Waals surface area contributed by atoms with Crippen molar-refractivity contribution in [2.75, 3.05) is 19.8 Å². The molecular weight excluding hydrogens is 285 g/mol. The molecule has 100 valence electrons. The third-order valence-corrected chi connectivity index (χ3v) is 3.28. The van der Waals surface area contributed by atoms with E-state index >= 15 is 0 Å². The lowest BCUT2D eigenvalue weighted by atomic mass is 10.2. The largest absolute Gasteiger partial charge is 0.371 e. The van der Waals surface area contributed by atoms with Gasteiger partial charge in [-0.3, -0.25) is 0 Å². The summed E-state index contributed by atoms with van der Waals surface area (Å²) < 4.78 is 29.9. The van der Waals surface area contributed by atoms with Crippen molar-refractivity contribution >= 4 is 28.4 Å². The first-order valence-corrected chi connectivity index (χ1v) is 6.63. The van der Waals surface area contributed by atoms with Crippen LogP contribution in [0.5, 0.6) is 0 Å². The first-order chi connectivity index (χ1) is 8.30. The minimum absolute atomic E-state index is 0.00514. The monoisotopic (exact) mass is 302 g/mol. The van der Waals surface area contributed by atoms with Gasteiger partial charge in [-0.2, -0.15) is 0 Å². The fourth-order valence-corrected chi connectivity index (χ4v) is 2.31. The van der Waals surface area contributed by atoms with Crippen LogP contribution in [-0.4, -0.2) is 50.5 Å². The number of hydrogen-bond donors (Lipinski definition) is 0. The van der Waals surface area contributed by atoms with E-state index in [1.165, 1.54) is 0 Å². The number of hydrogen-bond acceptors (Lipinski definition) is 6. The molecule has 3 rings (SSSR count). The zero-order chi connectivity index (χ0) is 12.3. The Kier molecular flexibility index (Phi) is 5.95. The summed E-state index contributed by atoms with van der Waals surface area (Å²) in [6.45, 7) is 2.14. The van der Waals surface area contributed by atoms with Gasteiger partial charge in [-0.25, -0.2) is 0 Å². The topological polar surface area (TPSA) is 62.0 Å². The third kappa shape index (κ3) is 4.28. The van der Waals surface area contributed by atoms with E-state index in [0.717, 1.165) is 13.2 Å². The predicted octanol–water partition coefficient (Wildman–Crippen LogP) is 0.284. The van der Waals surface area contributed by atoms with E-state index in [-0.39, 0.29) is 24.6 Å². The average Bonchev–Trinajstić information content (AvgIpc) is 3.22. The summed E-state index contributed by atoms with van der Waals surface area (Å²) >= 11 is 0. The summed E-state index contributed by atoms with van der Waals surface area (Å²) in [5.41, 5.74) is 0. The highest BCUT2D eigenvalue weighted by Gasteiger charge is 2.57. The molecule has 3 heterocycles. The van der Waals surface area contributed by atoms with Crippen molar-refractivity contribution in [1.82, 2.24) is 0 Å². The summed E-state index contributed by atoms with van der Waals surface area (Å²) in [7, 11) is 6.60. The molecule has 0 N–H and O–H groups in total. The van der Waals surface area contributed by atoms with Gasteiger partial charge in [0.2, 0.25) is 0 Å². The average molecular weight is 302 g/mol. The van der Waals surface area contributed by atoms with E-state index in [4.69, 9.17) is 23.3 Å². The van der Waals surface area contributed by atoms with Crippen LogP contribution in [0.3, 0.4) is 0 Å².